The van der Waals surface area contributed by atoms with Crippen molar-refractivity contribution in [1.82, 2.24) is 0 Å². The van der Waals surface area contributed by atoms with E-state index in [2.05, 4.69) is 22.9 Å². The number of benzene rings is 2. The molecule has 2 aromatic carbocycles. The second-order valence-corrected chi connectivity index (χ2v) is 6.74. The van der Waals surface area contributed by atoms with Gasteiger partial charge in [-0.25, -0.2) is 0 Å². The van der Waals surface area contributed by atoms with E-state index in [0.717, 1.165) is 19.3 Å². The van der Waals surface area contributed by atoms with Crippen LogP contribution in [0.1, 0.15) is 32.6 Å². The lowest BCUT2D eigenvalue weighted by Crippen LogP contribution is -2.21. The molecule has 0 heterocycles. The summed E-state index contributed by atoms with van der Waals surface area (Å²) in [4.78, 5) is 24.1. The molecule has 2 rings (SSSR count). The van der Waals surface area contributed by atoms with Crippen molar-refractivity contribution in [2.24, 2.45) is 0 Å². The average molecular weight is 404 g/mol. The van der Waals surface area contributed by atoms with Crippen LogP contribution in [-0.4, -0.2) is 25.5 Å². The third kappa shape index (κ3) is 7.12. The van der Waals surface area contributed by atoms with Gasteiger partial charge in [-0.2, -0.15) is 0 Å². The maximum Gasteiger partial charge on any atom is 0.243 e. The molecule has 150 valence electrons. The van der Waals surface area contributed by atoms with E-state index in [4.69, 9.17) is 16.3 Å². The van der Waals surface area contributed by atoms with Crippen LogP contribution < -0.4 is 20.7 Å². The highest BCUT2D eigenvalue weighted by molar-refractivity contribution is 6.32. The number of ether oxygens (including phenoxy) is 1. The number of carbonyl (C=O) groups is 2. The Balaban J connectivity index is 1.85. The number of halogens is 1. The number of hydrogen-bond donors (Lipinski definition) is 3. The number of unbranched alkanes of at least 4 members (excludes halogenated alkanes) is 2. The molecule has 0 fully saturated rings. The van der Waals surface area contributed by atoms with Crippen LogP contribution in [0, 0.1) is 0 Å². The van der Waals surface area contributed by atoms with Gasteiger partial charge in [0.05, 0.1) is 18.7 Å². The van der Waals surface area contributed by atoms with Crippen molar-refractivity contribution in [1.29, 1.82) is 0 Å². The van der Waals surface area contributed by atoms with E-state index in [1.165, 1.54) is 0 Å². The lowest BCUT2D eigenvalue weighted by molar-refractivity contribution is -0.116. The SMILES string of the molecule is CCCCCC(=O)Nc1cccc(NC(=O)CNc2ccc(OC)c(Cl)c2)c1. The molecule has 0 atom stereocenters. The van der Waals surface area contributed by atoms with Gasteiger partial charge in [0, 0.05) is 23.5 Å². The molecular formula is C21H26ClN3O3. The van der Waals surface area contributed by atoms with Crippen molar-refractivity contribution in [3.63, 3.8) is 0 Å². The summed E-state index contributed by atoms with van der Waals surface area (Å²) in [5.74, 6) is 0.346. The van der Waals surface area contributed by atoms with Crippen LogP contribution in [0.3, 0.4) is 0 Å². The van der Waals surface area contributed by atoms with E-state index in [-0.39, 0.29) is 18.4 Å². The van der Waals surface area contributed by atoms with Gasteiger partial charge in [0.2, 0.25) is 11.8 Å². The summed E-state index contributed by atoms with van der Waals surface area (Å²) in [6.45, 7) is 2.18. The van der Waals surface area contributed by atoms with Gasteiger partial charge in [0.1, 0.15) is 5.75 Å². The number of amides is 2. The molecular weight excluding hydrogens is 378 g/mol. The van der Waals surface area contributed by atoms with E-state index in [1.54, 1.807) is 49.6 Å². The lowest BCUT2D eigenvalue weighted by atomic mass is 10.2. The number of rotatable bonds is 10. The Morgan fingerprint density at radius 2 is 1.68 bits per heavy atom. The fourth-order valence-corrected chi connectivity index (χ4v) is 2.86. The number of methoxy groups -OCH3 is 1. The minimum atomic E-state index is -0.210. The molecule has 0 saturated heterocycles. The first-order valence-corrected chi connectivity index (χ1v) is 9.66. The molecule has 2 amide bonds. The fourth-order valence-electron chi connectivity index (χ4n) is 2.60. The third-order valence-corrected chi connectivity index (χ3v) is 4.34. The van der Waals surface area contributed by atoms with Gasteiger partial charge in [0.15, 0.2) is 0 Å². The van der Waals surface area contributed by atoms with E-state index >= 15 is 0 Å². The molecule has 7 heteroatoms. The highest BCUT2D eigenvalue weighted by Gasteiger charge is 2.07. The van der Waals surface area contributed by atoms with Gasteiger partial charge in [-0.05, 0) is 42.8 Å². The number of nitrogens with one attached hydrogen (secondary N) is 3. The maximum absolute atomic E-state index is 12.2. The minimum Gasteiger partial charge on any atom is -0.495 e. The summed E-state index contributed by atoms with van der Waals surface area (Å²) in [5.41, 5.74) is 1.99. The minimum absolute atomic E-state index is 0.0185. The molecule has 0 spiro atoms. The highest BCUT2D eigenvalue weighted by Crippen LogP contribution is 2.27. The Morgan fingerprint density at radius 1 is 0.964 bits per heavy atom. The number of anilines is 3. The van der Waals surface area contributed by atoms with Crippen molar-refractivity contribution < 1.29 is 14.3 Å². The number of hydrogen-bond acceptors (Lipinski definition) is 4. The molecule has 28 heavy (non-hydrogen) atoms. The summed E-state index contributed by atoms with van der Waals surface area (Å²) in [5, 5.41) is 9.14. The van der Waals surface area contributed by atoms with Crippen molar-refractivity contribution in [3.05, 3.63) is 47.5 Å². The predicted octanol–water partition coefficient (Wildman–Crippen LogP) is 4.92. The molecule has 6 nitrogen and oxygen atoms in total. The van der Waals surface area contributed by atoms with E-state index in [0.29, 0.717) is 34.3 Å². The highest BCUT2D eigenvalue weighted by atomic mass is 35.5. The van der Waals surface area contributed by atoms with Crippen molar-refractivity contribution in [2.45, 2.75) is 32.6 Å². The molecule has 0 saturated carbocycles. The third-order valence-electron chi connectivity index (χ3n) is 4.04. The van der Waals surface area contributed by atoms with Crippen LogP contribution >= 0.6 is 11.6 Å². The quantitative estimate of drug-likeness (QED) is 0.492. The Morgan fingerprint density at radius 3 is 2.32 bits per heavy atom. The largest absolute Gasteiger partial charge is 0.495 e. The fraction of sp³-hybridized carbons (Fsp3) is 0.333. The molecule has 0 radical (unpaired) electrons. The summed E-state index contributed by atoms with van der Waals surface area (Å²) in [6.07, 6.45) is 3.49. The molecule has 0 aromatic heterocycles. The maximum atomic E-state index is 12.2. The molecule has 2 aromatic rings. The second-order valence-electron chi connectivity index (χ2n) is 6.34. The zero-order valence-corrected chi connectivity index (χ0v) is 16.9. The van der Waals surface area contributed by atoms with Crippen molar-refractivity contribution >= 4 is 40.5 Å². The lowest BCUT2D eigenvalue weighted by Gasteiger charge is -2.11. The monoisotopic (exact) mass is 403 g/mol. The van der Waals surface area contributed by atoms with Crippen LogP contribution in [0.25, 0.3) is 0 Å². The van der Waals surface area contributed by atoms with Gasteiger partial charge in [-0.3, -0.25) is 9.59 Å². The number of carbonyl (C=O) groups excluding carboxylic acids is 2. The molecule has 0 unspecified atom stereocenters. The van der Waals surface area contributed by atoms with Gasteiger partial charge in [-0.15, -0.1) is 0 Å². The average Bonchev–Trinajstić information content (AvgIpc) is 2.67. The Hall–Kier alpha value is -2.73. The van der Waals surface area contributed by atoms with Gasteiger partial charge in [0.25, 0.3) is 0 Å². The Labute approximate surface area is 170 Å². The molecule has 0 bridgehead atoms. The van der Waals surface area contributed by atoms with E-state index in [1.807, 2.05) is 0 Å². The topological polar surface area (TPSA) is 79.5 Å². The van der Waals surface area contributed by atoms with Gasteiger partial charge in [-0.1, -0.05) is 37.4 Å². The first-order chi connectivity index (χ1) is 13.5. The first-order valence-electron chi connectivity index (χ1n) is 9.29. The summed E-state index contributed by atoms with van der Waals surface area (Å²) in [7, 11) is 1.55. The van der Waals surface area contributed by atoms with E-state index < -0.39 is 0 Å². The normalized spacial score (nSPS) is 10.2. The molecule has 0 aliphatic carbocycles. The first kappa shape index (κ1) is 21.6. The van der Waals surface area contributed by atoms with Gasteiger partial charge >= 0.3 is 0 Å². The molecule has 3 N–H and O–H groups in total. The van der Waals surface area contributed by atoms with Crippen LogP contribution in [-0.2, 0) is 9.59 Å². The Kier molecular flexibility index (Phi) is 8.62. The smallest absolute Gasteiger partial charge is 0.243 e. The van der Waals surface area contributed by atoms with Crippen LogP contribution in [0.5, 0.6) is 5.75 Å². The summed E-state index contributed by atoms with van der Waals surface area (Å²) in [6, 6.07) is 12.3. The second kappa shape index (κ2) is 11.2. The van der Waals surface area contributed by atoms with Crippen LogP contribution in [0.15, 0.2) is 42.5 Å². The van der Waals surface area contributed by atoms with E-state index in [9.17, 15) is 9.59 Å². The molecule has 0 aliphatic rings. The molecule has 0 aliphatic heterocycles. The van der Waals surface area contributed by atoms with Gasteiger partial charge < -0.3 is 20.7 Å². The summed E-state index contributed by atoms with van der Waals surface area (Å²) >= 11 is 6.07. The predicted molar refractivity (Wildman–Crippen MR) is 114 cm³/mol. The van der Waals surface area contributed by atoms with Crippen molar-refractivity contribution in [2.75, 3.05) is 29.6 Å². The Bertz CT molecular complexity index is 811. The zero-order chi connectivity index (χ0) is 20.4. The standard InChI is InChI=1S/C21H26ClN3O3/c1-3-4-5-9-20(26)24-16-7-6-8-17(12-16)25-21(27)14-23-15-10-11-19(28-2)18(22)13-15/h6-8,10-13,23H,3-5,9,14H2,1-2H3,(H,24,26)(H,25,27). The van der Waals surface area contributed by atoms with Crippen LogP contribution in [0.2, 0.25) is 5.02 Å². The van der Waals surface area contributed by atoms with Crippen molar-refractivity contribution in [3.8, 4) is 5.75 Å². The summed E-state index contributed by atoms with van der Waals surface area (Å²) < 4.78 is 5.10. The zero-order valence-electron chi connectivity index (χ0n) is 16.2. The van der Waals surface area contributed by atoms with Crippen LogP contribution in [0.4, 0.5) is 17.1 Å².